The molecule has 124 valence electrons. The third-order valence-electron chi connectivity index (χ3n) is 3.68. The van der Waals surface area contributed by atoms with E-state index in [9.17, 15) is 13.6 Å². The van der Waals surface area contributed by atoms with Crippen LogP contribution in [0.1, 0.15) is 17.3 Å². The van der Waals surface area contributed by atoms with E-state index < -0.39 is 13.0 Å². The molecule has 4 nitrogen and oxygen atoms in total. The van der Waals surface area contributed by atoms with Gasteiger partial charge in [0, 0.05) is 16.3 Å². The minimum absolute atomic E-state index is 0.0558. The summed E-state index contributed by atoms with van der Waals surface area (Å²) in [5.41, 5.74) is 1.68. The van der Waals surface area contributed by atoms with Gasteiger partial charge in [0.2, 0.25) is 0 Å². The third kappa shape index (κ3) is 2.99. The molecule has 6 heteroatoms. The number of carbonyl (C=O) groups excluding carboxylic acids is 1. The van der Waals surface area contributed by atoms with Gasteiger partial charge in [-0.15, -0.1) is 0 Å². The number of methoxy groups -OCH3 is 1. The first-order valence-electron chi connectivity index (χ1n) is 7.33. The number of ether oxygens (including phenoxy) is 2. The number of carbonyl (C=O) groups is 1. The van der Waals surface area contributed by atoms with Crippen LogP contribution in [0.3, 0.4) is 0 Å². The number of nitrogens with zero attached hydrogens (tertiary/aromatic N) is 1. The fraction of sp³-hybridized carbons (Fsp3) is 0.222. The smallest absolute Gasteiger partial charge is 0.272 e. The molecule has 0 saturated heterocycles. The zero-order chi connectivity index (χ0) is 17.3. The fourth-order valence-corrected chi connectivity index (χ4v) is 2.53. The maximum atomic E-state index is 12.4. The van der Waals surface area contributed by atoms with Crippen LogP contribution in [0.15, 0.2) is 36.4 Å². The summed E-state index contributed by atoms with van der Waals surface area (Å²) < 4.78 is 35.2. The Morgan fingerprint density at radius 2 is 1.92 bits per heavy atom. The lowest BCUT2D eigenvalue weighted by Gasteiger charge is -2.13. The van der Waals surface area contributed by atoms with Gasteiger partial charge in [0.25, 0.3) is 6.43 Å². The van der Waals surface area contributed by atoms with Crippen LogP contribution in [0.5, 0.6) is 11.5 Å². The van der Waals surface area contributed by atoms with Crippen molar-refractivity contribution in [3.8, 4) is 11.5 Å². The van der Waals surface area contributed by atoms with Crippen molar-refractivity contribution < 1.29 is 23.0 Å². The highest BCUT2D eigenvalue weighted by molar-refractivity contribution is 6.01. The Morgan fingerprint density at radius 3 is 2.58 bits per heavy atom. The summed E-state index contributed by atoms with van der Waals surface area (Å²) in [5, 5.41) is 1.66. The predicted molar refractivity (Wildman–Crippen MR) is 87.3 cm³/mol. The van der Waals surface area contributed by atoms with Crippen LogP contribution in [0, 0.1) is 0 Å². The lowest BCUT2D eigenvalue weighted by atomic mass is 10.1. The van der Waals surface area contributed by atoms with Gasteiger partial charge < -0.3 is 9.47 Å². The molecule has 0 radical (unpaired) electrons. The van der Waals surface area contributed by atoms with E-state index in [1.165, 1.54) is 14.0 Å². The average molecular weight is 331 g/mol. The minimum atomic E-state index is -2.58. The van der Waals surface area contributed by atoms with Gasteiger partial charge in [0.1, 0.15) is 12.1 Å². The van der Waals surface area contributed by atoms with E-state index in [0.29, 0.717) is 22.3 Å². The van der Waals surface area contributed by atoms with Crippen molar-refractivity contribution in [1.82, 2.24) is 4.98 Å². The van der Waals surface area contributed by atoms with Crippen molar-refractivity contribution in [2.45, 2.75) is 13.3 Å². The zero-order valence-electron chi connectivity index (χ0n) is 13.2. The maximum absolute atomic E-state index is 12.4. The number of benzene rings is 2. The molecular weight excluding hydrogens is 316 g/mol. The molecule has 0 amide bonds. The highest BCUT2D eigenvalue weighted by atomic mass is 19.3. The second-order valence-corrected chi connectivity index (χ2v) is 5.32. The minimum Gasteiger partial charge on any atom is -0.491 e. The van der Waals surface area contributed by atoms with Crippen LogP contribution in [-0.4, -0.2) is 30.9 Å². The molecule has 0 aliphatic carbocycles. The van der Waals surface area contributed by atoms with E-state index >= 15 is 0 Å². The molecule has 0 aliphatic rings. The number of ketones is 1. The molecule has 0 N–H and O–H groups in total. The number of rotatable bonds is 5. The number of hydrogen-bond acceptors (Lipinski definition) is 4. The van der Waals surface area contributed by atoms with Gasteiger partial charge in [-0.2, -0.15) is 0 Å². The molecule has 0 fully saturated rings. The number of halogens is 2. The van der Waals surface area contributed by atoms with E-state index in [1.54, 1.807) is 24.3 Å². The first-order chi connectivity index (χ1) is 11.5. The Kier molecular flexibility index (Phi) is 4.29. The predicted octanol–water partition coefficient (Wildman–Crippen LogP) is 4.24. The third-order valence-corrected chi connectivity index (χ3v) is 3.68. The van der Waals surface area contributed by atoms with E-state index in [2.05, 4.69) is 4.98 Å². The Balaban J connectivity index is 2.18. The van der Waals surface area contributed by atoms with Crippen molar-refractivity contribution >= 4 is 27.6 Å². The number of fused-ring (bicyclic) bond motifs is 2. The lowest BCUT2D eigenvalue weighted by molar-refractivity contribution is 0.0805. The van der Waals surface area contributed by atoms with Gasteiger partial charge in [-0.1, -0.05) is 12.1 Å². The molecule has 0 unspecified atom stereocenters. The van der Waals surface area contributed by atoms with Gasteiger partial charge in [-0.25, -0.2) is 13.8 Å². The number of Topliss-reactive ketones (excluding diaryl/α,β-unsaturated/α-hetero) is 1. The number of alkyl halides is 2. The summed E-state index contributed by atoms with van der Waals surface area (Å²) in [7, 11) is 1.43. The van der Waals surface area contributed by atoms with E-state index in [1.807, 2.05) is 12.1 Å². The van der Waals surface area contributed by atoms with E-state index in [4.69, 9.17) is 9.47 Å². The summed E-state index contributed by atoms with van der Waals surface area (Å²) in [6.45, 7) is 0.767. The molecule has 0 atom stereocenters. The van der Waals surface area contributed by atoms with Crippen LogP contribution in [0.2, 0.25) is 0 Å². The Labute approximate surface area is 137 Å². The Bertz CT molecular complexity index is 925. The van der Waals surface area contributed by atoms with Crippen molar-refractivity contribution in [1.29, 1.82) is 0 Å². The van der Waals surface area contributed by atoms with Crippen LogP contribution in [-0.2, 0) is 0 Å². The number of pyridine rings is 1. The molecule has 0 aliphatic heterocycles. The largest absolute Gasteiger partial charge is 0.491 e. The van der Waals surface area contributed by atoms with Gasteiger partial charge in [-0.05, 0) is 31.2 Å². The molecule has 2 aromatic carbocycles. The SMILES string of the molecule is COc1c(OCC(F)F)ccc2cc3ccc(C(C)=O)cc3nc12. The van der Waals surface area contributed by atoms with Gasteiger partial charge in [0.15, 0.2) is 17.3 Å². The first-order valence-corrected chi connectivity index (χ1v) is 7.33. The summed E-state index contributed by atoms with van der Waals surface area (Å²) in [6, 6.07) is 10.5. The summed E-state index contributed by atoms with van der Waals surface area (Å²) in [5.74, 6) is 0.447. The van der Waals surface area contributed by atoms with Crippen molar-refractivity contribution in [2.24, 2.45) is 0 Å². The van der Waals surface area contributed by atoms with Gasteiger partial charge in [0.05, 0.1) is 12.6 Å². The average Bonchev–Trinajstić information content (AvgIpc) is 2.56. The standard InChI is InChI=1S/C18H15F2NO3/c1-10(22)11-3-4-12-7-13-5-6-15(24-9-16(19)20)18(23-2)17(13)21-14(12)8-11/h3-8,16H,9H2,1-2H3. The molecule has 3 aromatic rings. The molecule has 0 spiro atoms. The van der Waals surface area contributed by atoms with E-state index in [-0.39, 0.29) is 11.5 Å². The molecule has 0 bridgehead atoms. The Morgan fingerprint density at radius 1 is 1.17 bits per heavy atom. The lowest BCUT2D eigenvalue weighted by Crippen LogP contribution is -2.08. The Hall–Kier alpha value is -2.76. The first kappa shape index (κ1) is 16.1. The zero-order valence-corrected chi connectivity index (χ0v) is 13.2. The molecule has 1 heterocycles. The summed E-state index contributed by atoms with van der Waals surface area (Å²) in [6.07, 6.45) is -2.58. The van der Waals surface area contributed by atoms with Crippen molar-refractivity contribution in [3.63, 3.8) is 0 Å². The quantitative estimate of drug-likeness (QED) is 0.518. The highest BCUT2D eigenvalue weighted by Gasteiger charge is 2.14. The van der Waals surface area contributed by atoms with Crippen LogP contribution >= 0.6 is 0 Å². The maximum Gasteiger partial charge on any atom is 0.272 e. The normalized spacial score (nSPS) is 11.2. The topological polar surface area (TPSA) is 48.4 Å². The van der Waals surface area contributed by atoms with Crippen molar-refractivity contribution in [3.05, 3.63) is 42.0 Å². The monoisotopic (exact) mass is 331 g/mol. The fourth-order valence-electron chi connectivity index (χ4n) is 2.53. The number of aromatic nitrogens is 1. The molecule has 3 rings (SSSR count). The van der Waals surface area contributed by atoms with Crippen LogP contribution in [0.4, 0.5) is 8.78 Å². The molecular formula is C18H15F2NO3. The number of hydrogen-bond donors (Lipinski definition) is 0. The van der Waals surface area contributed by atoms with Gasteiger partial charge >= 0.3 is 0 Å². The second-order valence-electron chi connectivity index (χ2n) is 5.32. The summed E-state index contributed by atoms with van der Waals surface area (Å²) >= 11 is 0. The molecule has 0 saturated carbocycles. The van der Waals surface area contributed by atoms with Crippen LogP contribution < -0.4 is 9.47 Å². The summed E-state index contributed by atoms with van der Waals surface area (Å²) in [4.78, 5) is 16.1. The molecule has 24 heavy (non-hydrogen) atoms. The second kappa shape index (κ2) is 6.39. The van der Waals surface area contributed by atoms with E-state index in [0.717, 1.165) is 10.8 Å². The van der Waals surface area contributed by atoms with Crippen molar-refractivity contribution in [2.75, 3.05) is 13.7 Å². The molecule has 1 aromatic heterocycles. The highest BCUT2D eigenvalue weighted by Crippen LogP contribution is 2.36. The van der Waals surface area contributed by atoms with Gasteiger partial charge in [-0.3, -0.25) is 4.79 Å². The van der Waals surface area contributed by atoms with Crippen LogP contribution in [0.25, 0.3) is 21.8 Å².